The third-order valence-electron chi connectivity index (χ3n) is 3.75. The molecule has 108 valence electrons. The highest BCUT2D eigenvalue weighted by Crippen LogP contribution is 2.29. The van der Waals surface area contributed by atoms with Crippen LogP contribution in [0.2, 0.25) is 0 Å². The minimum atomic E-state index is -0.272. The highest BCUT2D eigenvalue weighted by molar-refractivity contribution is 5.55. The van der Waals surface area contributed by atoms with Crippen LogP contribution in [0, 0.1) is 17.1 Å². The molecular weight excluding hydrogens is 257 g/mol. The summed E-state index contributed by atoms with van der Waals surface area (Å²) in [7, 11) is 0. The molecular formula is C15H20FN3O. The van der Waals surface area contributed by atoms with E-state index in [1.165, 1.54) is 12.1 Å². The van der Waals surface area contributed by atoms with Crippen LogP contribution in [0.25, 0.3) is 0 Å². The van der Waals surface area contributed by atoms with Crippen LogP contribution in [-0.2, 0) is 0 Å². The van der Waals surface area contributed by atoms with Crippen molar-refractivity contribution in [1.82, 2.24) is 5.32 Å². The van der Waals surface area contributed by atoms with Gasteiger partial charge >= 0.3 is 0 Å². The van der Waals surface area contributed by atoms with Crippen molar-refractivity contribution in [2.75, 3.05) is 24.5 Å². The van der Waals surface area contributed by atoms with Crippen LogP contribution in [0.1, 0.15) is 31.4 Å². The van der Waals surface area contributed by atoms with E-state index in [2.05, 4.69) is 10.2 Å². The number of nitrogens with one attached hydrogen (secondary N) is 1. The molecule has 1 saturated heterocycles. The van der Waals surface area contributed by atoms with Gasteiger partial charge in [-0.1, -0.05) is 0 Å². The van der Waals surface area contributed by atoms with Crippen molar-refractivity contribution < 1.29 is 9.50 Å². The zero-order chi connectivity index (χ0) is 14.5. The van der Waals surface area contributed by atoms with Gasteiger partial charge in [-0.3, -0.25) is 5.32 Å². The van der Waals surface area contributed by atoms with Crippen LogP contribution in [0.5, 0.6) is 0 Å². The molecule has 1 aromatic rings. The Morgan fingerprint density at radius 3 is 2.85 bits per heavy atom. The standard InChI is InChI=1S/C15H20FN3O/c1-11(18-7-6-17)14-10-12(16)2-3-15(14)19-8-4-13(20)5-9-19/h2-3,10-11,13,18,20H,4-5,7-9H2,1H3/t11-/m0/s1. The lowest BCUT2D eigenvalue weighted by molar-refractivity contribution is 0.145. The van der Waals surface area contributed by atoms with Gasteiger partial charge in [0.05, 0.1) is 18.7 Å². The van der Waals surface area contributed by atoms with Crippen molar-refractivity contribution in [3.05, 3.63) is 29.6 Å². The number of piperidine rings is 1. The molecule has 1 aliphatic rings. The SMILES string of the molecule is C[C@H](NCC#N)c1cc(F)ccc1N1CCC(O)CC1. The minimum absolute atomic E-state index is 0.0906. The average Bonchev–Trinajstić information content (AvgIpc) is 2.46. The molecule has 2 N–H and O–H groups in total. The lowest BCUT2D eigenvalue weighted by Gasteiger charge is -2.34. The Balaban J connectivity index is 2.21. The van der Waals surface area contributed by atoms with Crippen molar-refractivity contribution >= 4 is 5.69 Å². The van der Waals surface area contributed by atoms with Crippen LogP contribution in [0.3, 0.4) is 0 Å². The molecule has 4 nitrogen and oxygen atoms in total. The van der Waals surface area contributed by atoms with Crippen molar-refractivity contribution in [3.8, 4) is 6.07 Å². The van der Waals surface area contributed by atoms with Gasteiger partial charge in [0, 0.05) is 24.8 Å². The number of benzene rings is 1. The molecule has 0 bridgehead atoms. The Bertz CT molecular complexity index is 492. The maximum Gasteiger partial charge on any atom is 0.123 e. The summed E-state index contributed by atoms with van der Waals surface area (Å²) in [4.78, 5) is 2.17. The van der Waals surface area contributed by atoms with Gasteiger partial charge in [0.15, 0.2) is 0 Å². The van der Waals surface area contributed by atoms with Crippen LogP contribution in [0.15, 0.2) is 18.2 Å². The molecule has 5 heteroatoms. The molecule has 1 fully saturated rings. The van der Waals surface area contributed by atoms with E-state index in [9.17, 15) is 9.50 Å². The number of halogens is 1. The molecule has 0 aliphatic carbocycles. The van der Waals surface area contributed by atoms with E-state index in [0.29, 0.717) is 0 Å². The van der Waals surface area contributed by atoms with Crippen LogP contribution >= 0.6 is 0 Å². The van der Waals surface area contributed by atoms with Gasteiger partial charge in [0.25, 0.3) is 0 Å². The highest BCUT2D eigenvalue weighted by atomic mass is 19.1. The third kappa shape index (κ3) is 3.47. The second kappa shape index (κ2) is 6.69. The van der Waals surface area contributed by atoms with Gasteiger partial charge in [0.1, 0.15) is 5.82 Å². The fraction of sp³-hybridized carbons (Fsp3) is 0.533. The monoisotopic (exact) mass is 277 g/mol. The first-order valence-electron chi connectivity index (χ1n) is 6.94. The Hall–Kier alpha value is -1.64. The van der Waals surface area contributed by atoms with Crippen LogP contribution < -0.4 is 10.2 Å². The van der Waals surface area contributed by atoms with Gasteiger partial charge in [-0.25, -0.2) is 4.39 Å². The van der Waals surface area contributed by atoms with Crippen molar-refractivity contribution in [1.29, 1.82) is 5.26 Å². The summed E-state index contributed by atoms with van der Waals surface area (Å²) in [6.45, 7) is 3.69. The van der Waals surface area contributed by atoms with Crippen molar-refractivity contribution in [3.63, 3.8) is 0 Å². The number of aliphatic hydroxyl groups excluding tert-OH is 1. The largest absolute Gasteiger partial charge is 0.393 e. The van der Waals surface area contributed by atoms with Gasteiger partial charge in [-0.15, -0.1) is 0 Å². The molecule has 1 aromatic carbocycles. The molecule has 2 rings (SSSR count). The molecule has 0 unspecified atom stereocenters. The average molecular weight is 277 g/mol. The number of hydrogen-bond acceptors (Lipinski definition) is 4. The first-order chi connectivity index (χ1) is 9.61. The fourth-order valence-corrected chi connectivity index (χ4v) is 2.58. The van der Waals surface area contributed by atoms with Gasteiger partial charge in [-0.2, -0.15) is 5.26 Å². The van der Waals surface area contributed by atoms with Crippen molar-refractivity contribution in [2.45, 2.75) is 31.9 Å². The van der Waals surface area contributed by atoms with Crippen LogP contribution in [0.4, 0.5) is 10.1 Å². The van der Waals surface area contributed by atoms with E-state index < -0.39 is 0 Å². The highest BCUT2D eigenvalue weighted by Gasteiger charge is 2.21. The van der Waals surface area contributed by atoms with Gasteiger partial charge in [0.2, 0.25) is 0 Å². The molecule has 20 heavy (non-hydrogen) atoms. The molecule has 0 amide bonds. The van der Waals surface area contributed by atoms with E-state index in [4.69, 9.17) is 5.26 Å². The second-order valence-corrected chi connectivity index (χ2v) is 5.18. The minimum Gasteiger partial charge on any atom is -0.393 e. The quantitative estimate of drug-likeness (QED) is 0.826. The smallest absolute Gasteiger partial charge is 0.123 e. The van der Waals surface area contributed by atoms with Gasteiger partial charge in [-0.05, 0) is 43.5 Å². The number of anilines is 1. The number of rotatable bonds is 4. The number of aliphatic hydroxyl groups is 1. The summed E-state index contributed by atoms with van der Waals surface area (Å²) in [5.41, 5.74) is 1.84. The summed E-state index contributed by atoms with van der Waals surface area (Å²) in [5, 5.41) is 21.3. The summed E-state index contributed by atoms with van der Waals surface area (Å²) in [6.07, 6.45) is 1.23. The third-order valence-corrected chi connectivity index (χ3v) is 3.75. The summed E-state index contributed by atoms with van der Waals surface area (Å²) in [6, 6.07) is 6.71. The molecule has 0 radical (unpaired) electrons. The van der Waals surface area contributed by atoms with E-state index in [0.717, 1.165) is 37.2 Å². The van der Waals surface area contributed by atoms with Crippen LogP contribution in [-0.4, -0.2) is 30.8 Å². The van der Waals surface area contributed by atoms with E-state index in [1.54, 1.807) is 6.07 Å². The first kappa shape index (κ1) is 14.8. The molecule has 1 atom stereocenters. The molecule has 0 aromatic heterocycles. The lowest BCUT2D eigenvalue weighted by atomic mass is 10.0. The zero-order valence-electron chi connectivity index (χ0n) is 11.6. The van der Waals surface area contributed by atoms with E-state index in [1.807, 2.05) is 13.0 Å². The maximum absolute atomic E-state index is 13.5. The summed E-state index contributed by atoms with van der Waals surface area (Å²) >= 11 is 0. The van der Waals surface area contributed by atoms with E-state index in [-0.39, 0.29) is 24.5 Å². The second-order valence-electron chi connectivity index (χ2n) is 5.18. The molecule has 0 spiro atoms. The molecule has 1 aliphatic heterocycles. The number of nitriles is 1. The summed E-state index contributed by atoms with van der Waals surface area (Å²) < 4.78 is 13.5. The van der Waals surface area contributed by atoms with E-state index >= 15 is 0 Å². The Labute approximate surface area is 118 Å². The number of nitrogens with zero attached hydrogens (tertiary/aromatic N) is 2. The normalized spacial score (nSPS) is 17.8. The topological polar surface area (TPSA) is 59.3 Å². The predicted octanol–water partition coefficient (Wildman–Crippen LogP) is 1.96. The Morgan fingerprint density at radius 1 is 1.50 bits per heavy atom. The zero-order valence-corrected chi connectivity index (χ0v) is 11.6. The maximum atomic E-state index is 13.5. The lowest BCUT2D eigenvalue weighted by Crippen LogP contribution is -2.37. The Morgan fingerprint density at radius 2 is 2.20 bits per heavy atom. The number of hydrogen-bond donors (Lipinski definition) is 2. The van der Waals surface area contributed by atoms with Gasteiger partial charge < -0.3 is 10.0 Å². The summed E-state index contributed by atoms with van der Waals surface area (Å²) in [5.74, 6) is -0.272. The molecule has 1 heterocycles. The predicted molar refractivity (Wildman–Crippen MR) is 75.9 cm³/mol. The fourth-order valence-electron chi connectivity index (χ4n) is 2.58. The van der Waals surface area contributed by atoms with Crippen molar-refractivity contribution in [2.24, 2.45) is 0 Å². The Kier molecular flexibility index (Phi) is 4.94. The molecule has 0 saturated carbocycles. The first-order valence-corrected chi connectivity index (χ1v) is 6.94.